The number of hydrogen-bond acceptors (Lipinski definition) is 2. The average Bonchev–Trinajstić information content (AvgIpc) is 2.52. The van der Waals surface area contributed by atoms with Gasteiger partial charge in [-0.15, -0.1) is 24.0 Å². The number of nitrogens with one attached hydrogen (secondary N) is 2. The van der Waals surface area contributed by atoms with E-state index in [1.165, 1.54) is 6.07 Å². The molecule has 0 saturated heterocycles. The van der Waals surface area contributed by atoms with Gasteiger partial charge in [-0.3, -0.25) is 9.98 Å². The Kier molecular flexibility index (Phi) is 7.94. The van der Waals surface area contributed by atoms with Crippen LogP contribution in [0.15, 0.2) is 41.5 Å². The minimum Gasteiger partial charge on any atom is -0.352 e. The Labute approximate surface area is 153 Å². The van der Waals surface area contributed by atoms with Crippen molar-refractivity contribution >= 4 is 29.9 Å². The third-order valence-electron chi connectivity index (χ3n) is 3.45. The molecule has 1 aromatic carbocycles. The number of aliphatic imine (C=N–C) groups is 1. The summed E-state index contributed by atoms with van der Waals surface area (Å²) in [5.41, 5.74) is 3.78. The first kappa shape index (κ1) is 19.3. The molecule has 0 aliphatic heterocycles. The van der Waals surface area contributed by atoms with Gasteiger partial charge in [0.05, 0.1) is 12.2 Å². The minimum atomic E-state index is -0.183. The van der Waals surface area contributed by atoms with Crippen LogP contribution in [0.5, 0.6) is 0 Å². The molecule has 124 valence electrons. The zero-order chi connectivity index (χ0) is 15.9. The molecule has 0 amide bonds. The van der Waals surface area contributed by atoms with Crippen LogP contribution in [0.3, 0.4) is 0 Å². The summed E-state index contributed by atoms with van der Waals surface area (Å²) < 4.78 is 13.2. The fourth-order valence-corrected chi connectivity index (χ4v) is 2.09. The smallest absolute Gasteiger partial charge is 0.191 e. The quantitative estimate of drug-likeness (QED) is 0.447. The fraction of sp³-hybridized carbons (Fsp3) is 0.294. The Morgan fingerprint density at radius 1 is 1.13 bits per heavy atom. The SMILES string of the molecule is CN=C(NCc1ccc(F)c(C)c1)NCc1ncccc1C.I. The van der Waals surface area contributed by atoms with E-state index in [4.69, 9.17) is 0 Å². The van der Waals surface area contributed by atoms with E-state index < -0.39 is 0 Å². The van der Waals surface area contributed by atoms with E-state index in [9.17, 15) is 4.39 Å². The number of rotatable bonds is 4. The summed E-state index contributed by atoms with van der Waals surface area (Å²) in [5.74, 6) is 0.504. The predicted octanol–water partition coefficient (Wildman–Crippen LogP) is 3.32. The summed E-state index contributed by atoms with van der Waals surface area (Å²) in [6.45, 7) is 4.98. The summed E-state index contributed by atoms with van der Waals surface area (Å²) in [7, 11) is 1.72. The molecule has 2 N–H and O–H groups in total. The van der Waals surface area contributed by atoms with Gasteiger partial charge in [0.15, 0.2) is 5.96 Å². The van der Waals surface area contributed by atoms with Gasteiger partial charge in [0.25, 0.3) is 0 Å². The van der Waals surface area contributed by atoms with Gasteiger partial charge < -0.3 is 10.6 Å². The van der Waals surface area contributed by atoms with Crippen molar-refractivity contribution in [1.82, 2.24) is 15.6 Å². The van der Waals surface area contributed by atoms with Crippen LogP contribution in [0, 0.1) is 19.7 Å². The Hall–Kier alpha value is -1.70. The molecule has 0 saturated carbocycles. The number of benzene rings is 1. The van der Waals surface area contributed by atoms with Crippen molar-refractivity contribution < 1.29 is 4.39 Å². The van der Waals surface area contributed by atoms with Crippen LogP contribution in [0.25, 0.3) is 0 Å². The Balaban J connectivity index is 0.00000264. The van der Waals surface area contributed by atoms with Gasteiger partial charge in [-0.05, 0) is 42.7 Å². The lowest BCUT2D eigenvalue weighted by Gasteiger charge is -2.13. The summed E-state index contributed by atoms with van der Waals surface area (Å²) in [6.07, 6.45) is 1.78. The van der Waals surface area contributed by atoms with Gasteiger partial charge in [-0.1, -0.05) is 18.2 Å². The zero-order valence-corrected chi connectivity index (χ0v) is 15.9. The summed E-state index contributed by atoms with van der Waals surface area (Å²) in [4.78, 5) is 8.52. The topological polar surface area (TPSA) is 49.3 Å². The van der Waals surface area contributed by atoms with Crippen molar-refractivity contribution in [2.24, 2.45) is 4.99 Å². The van der Waals surface area contributed by atoms with Crippen LogP contribution in [-0.2, 0) is 13.1 Å². The van der Waals surface area contributed by atoms with Gasteiger partial charge >= 0.3 is 0 Å². The van der Waals surface area contributed by atoms with Crippen LogP contribution in [0.1, 0.15) is 22.4 Å². The molecule has 4 nitrogen and oxygen atoms in total. The molecule has 0 atom stereocenters. The summed E-state index contributed by atoms with van der Waals surface area (Å²) >= 11 is 0. The molecule has 0 spiro atoms. The largest absolute Gasteiger partial charge is 0.352 e. The highest BCUT2D eigenvalue weighted by Gasteiger charge is 2.03. The van der Waals surface area contributed by atoms with Crippen molar-refractivity contribution in [3.8, 4) is 0 Å². The number of guanidine groups is 1. The van der Waals surface area contributed by atoms with Crippen molar-refractivity contribution in [2.75, 3.05) is 7.05 Å². The maximum atomic E-state index is 13.2. The van der Waals surface area contributed by atoms with E-state index in [0.29, 0.717) is 24.6 Å². The molecule has 2 rings (SSSR count). The molecule has 23 heavy (non-hydrogen) atoms. The van der Waals surface area contributed by atoms with Crippen LogP contribution >= 0.6 is 24.0 Å². The minimum absolute atomic E-state index is 0. The second-order valence-corrected chi connectivity index (χ2v) is 5.13. The first-order valence-electron chi connectivity index (χ1n) is 7.20. The highest BCUT2D eigenvalue weighted by Crippen LogP contribution is 2.09. The van der Waals surface area contributed by atoms with Gasteiger partial charge in [-0.2, -0.15) is 0 Å². The third-order valence-corrected chi connectivity index (χ3v) is 3.45. The normalized spacial score (nSPS) is 10.9. The van der Waals surface area contributed by atoms with Crippen molar-refractivity contribution in [1.29, 1.82) is 0 Å². The second kappa shape index (κ2) is 9.44. The number of hydrogen-bond donors (Lipinski definition) is 2. The van der Waals surface area contributed by atoms with Gasteiger partial charge in [-0.25, -0.2) is 4.39 Å². The van der Waals surface area contributed by atoms with E-state index in [2.05, 4.69) is 20.6 Å². The van der Waals surface area contributed by atoms with Crippen LogP contribution in [-0.4, -0.2) is 18.0 Å². The van der Waals surface area contributed by atoms with E-state index in [1.54, 1.807) is 26.2 Å². The molecule has 1 aromatic heterocycles. The van der Waals surface area contributed by atoms with Crippen molar-refractivity contribution in [2.45, 2.75) is 26.9 Å². The molecule has 0 aliphatic carbocycles. The molecule has 0 fully saturated rings. The fourth-order valence-electron chi connectivity index (χ4n) is 2.09. The first-order chi connectivity index (χ1) is 10.6. The van der Waals surface area contributed by atoms with E-state index in [0.717, 1.165) is 16.8 Å². The lowest BCUT2D eigenvalue weighted by atomic mass is 10.1. The first-order valence-corrected chi connectivity index (χ1v) is 7.20. The van der Waals surface area contributed by atoms with Gasteiger partial charge in [0.2, 0.25) is 0 Å². The number of aryl methyl sites for hydroxylation is 2. The third kappa shape index (κ3) is 5.78. The molecule has 0 bridgehead atoms. The number of aromatic nitrogens is 1. The molecule has 2 aromatic rings. The monoisotopic (exact) mass is 428 g/mol. The maximum absolute atomic E-state index is 13.2. The molecular formula is C17H22FIN4. The highest BCUT2D eigenvalue weighted by atomic mass is 127. The molecule has 6 heteroatoms. The molecule has 0 radical (unpaired) electrons. The number of nitrogens with zero attached hydrogens (tertiary/aromatic N) is 2. The number of pyridine rings is 1. The van der Waals surface area contributed by atoms with Crippen molar-refractivity contribution in [3.63, 3.8) is 0 Å². The van der Waals surface area contributed by atoms with E-state index >= 15 is 0 Å². The van der Waals surface area contributed by atoms with Crippen LogP contribution < -0.4 is 10.6 Å². The Morgan fingerprint density at radius 3 is 2.52 bits per heavy atom. The van der Waals surface area contributed by atoms with Crippen LogP contribution in [0.2, 0.25) is 0 Å². The predicted molar refractivity (Wildman–Crippen MR) is 103 cm³/mol. The molecular weight excluding hydrogens is 406 g/mol. The second-order valence-electron chi connectivity index (χ2n) is 5.13. The average molecular weight is 428 g/mol. The molecule has 0 aliphatic rings. The summed E-state index contributed by atoms with van der Waals surface area (Å²) in [6, 6.07) is 9.04. The standard InChI is InChI=1S/C17H21FN4.HI/c1-12-5-4-8-20-16(12)11-22-17(19-3)21-10-14-6-7-15(18)13(2)9-14;/h4-9H,10-11H2,1-3H3,(H2,19,21,22);1H. The van der Waals surface area contributed by atoms with Crippen LogP contribution in [0.4, 0.5) is 4.39 Å². The lowest BCUT2D eigenvalue weighted by Crippen LogP contribution is -2.36. The Bertz CT molecular complexity index is 673. The zero-order valence-electron chi connectivity index (χ0n) is 13.6. The lowest BCUT2D eigenvalue weighted by molar-refractivity contribution is 0.617. The van der Waals surface area contributed by atoms with E-state index in [-0.39, 0.29) is 29.8 Å². The van der Waals surface area contributed by atoms with Gasteiger partial charge in [0.1, 0.15) is 5.82 Å². The Morgan fingerprint density at radius 2 is 1.87 bits per heavy atom. The van der Waals surface area contributed by atoms with Gasteiger partial charge in [0, 0.05) is 19.8 Å². The molecule has 1 heterocycles. The van der Waals surface area contributed by atoms with E-state index in [1.807, 2.05) is 25.1 Å². The number of halogens is 2. The summed E-state index contributed by atoms with van der Waals surface area (Å²) in [5, 5.41) is 6.44. The highest BCUT2D eigenvalue weighted by molar-refractivity contribution is 14.0. The molecule has 0 unspecified atom stereocenters. The maximum Gasteiger partial charge on any atom is 0.191 e. The van der Waals surface area contributed by atoms with Crippen molar-refractivity contribution in [3.05, 3.63) is 64.7 Å².